The Hall–Kier alpha value is -3.35. The van der Waals surface area contributed by atoms with E-state index in [1.807, 2.05) is 12.1 Å². The summed E-state index contributed by atoms with van der Waals surface area (Å²) in [7, 11) is 0. The molecule has 0 radical (unpaired) electrons. The van der Waals surface area contributed by atoms with Crippen molar-refractivity contribution >= 4 is 11.7 Å². The lowest BCUT2D eigenvalue weighted by atomic mass is 10.1. The van der Waals surface area contributed by atoms with Crippen LogP contribution in [0.4, 0.5) is 5.82 Å². The Morgan fingerprint density at radius 1 is 1.04 bits per heavy atom. The molecule has 1 aromatic carbocycles. The predicted molar refractivity (Wildman–Crippen MR) is 87.2 cm³/mol. The first-order valence-electron chi connectivity index (χ1n) is 7.46. The molecule has 4 rings (SSSR count). The first-order chi connectivity index (χ1) is 11.8. The molecule has 2 N–H and O–H groups in total. The van der Waals surface area contributed by atoms with Gasteiger partial charge >= 0.3 is 0 Å². The van der Waals surface area contributed by atoms with Crippen molar-refractivity contribution in [1.82, 2.24) is 15.2 Å². The molecule has 0 aliphatic carbocycles. The monoisotopic (exact) mass is 322 g/mol. The van der Waals surface area contributed by atoms with Crippen LogP contribution in [0.3, 0.4) is 0 Å². The second-order valence-electron chi connectivity index (χ2n) is 5.22. The lowest BCUT2D eigenvalue weighted by Gasteiger charge is -2.18. The average molecular weight is 322 g/mol. The van der Waals surface area contributed by atoms with E-state index in [1.54, 1.807) is 36.7 Å². The molecule has 0 fully saturated rings. The third-order valence-electron chi connectivity index (χ3n) is 3.62. The highest BCUT2D eigenvalue weighted by atomic mass is 16.6. The molecule has 2 aromatic heterocycles. The number of hydrogen-bond acceptors (Lipinski definition) is 5. The molecule has 1 aliphatic heterocycles. The molecule has 0 spiro atoms. The number of fused-ring (bicyclic) bond motifs is 1. The minimum Gasteiger partial charge on any atom is -0.486 e. The fourth-order valence-electron chi connectivity index (χ4n) is 2.44. The van der Waals surface area contributed by atoms with Gasteiger partial charge in [0.1, 0.15) is 13.2 Å². The molecule has 7 heteroatoms. The number of rotatable bonds is 3. The van der Waals surface area contributed by atoms with Crippen molar-refractivity contribution in [3.05, 3.63) is 54.4 Å². The third-order valence-corrected chi connectivity index (χ3v) is 3.62. The third kappa shape index (κ3) is 2.79. The van der Waals surface area contributed by atoms with Crippen molar-refractivity contribution in [3.8, 4) is 22.8 Å². The molecule has 0 atom stereocenters. The van der Waals surface area contributed by atoms with E-state index in [9.17, 15) is 4.79 Å². The Labute approximate surface area is 137 Å². The maximum Gasteiger partial charge on any atom is 0.257 e. The molecule has 120 valence electrons. The van der Waals surface area contributed by atoms with Gasteiger partial charge < -0.3 is 14.8 Å². The zero-order valence-corrected chi connectivity index (χ0v) is 12.7. The van der Waals surface area contributed by atoms with E-state index in [4.69, 9.17) is 9.47 Å². The number of carbonyl (C=O) groups is 1. The smallest absolute Gasteiger partial charge is 0.257 e. The van der Waals surface area contributed by atoms with Crippen LogP contribution in [0, 0.1) is 0 Å². The van der Waals surface area contributed by atoms with Crippen molar-refractivity contribution < 1.29 is 14.3 Å². The Morgan fingerprint density at radius 2 is 1.83 bits per heavy atom. The van der Waals surface area contributed by atoms with Crippen LogP contribution >= 0.6 is 0 Å². The molecule has 3 heterocycles. The van der Waals surface area contributed by atoms with Gasteiger partial charge in [0.15, 0.2) is 17.3 Å². The summed E-state index contributed by atoms with van der Waals surface area (Å²) in [5.74, 6) is 1.41. The fourth-order valence-corrected chi connectivity index (χ4v) is 2.44. The Morgan fingerprint density at radius 3 is 2.67 bits per heavy atom. The number of nitrogens with one attached hydrogen (secondary N) is 2. The number of carbonyl (C=O) groups excluding carboxylic acids is 1. The van der Waals surface area contributed by atoms with Crippen LogP contribution in [-0.2, 0) is 0 Å². The number of anilines is 1. The van der Waals surface area contributed by atoms with Crippen molar-refractivity contribution in [3.63, 3.8) is 0 Å². The van der Waals surface area contributed by atoms with Gasteiger partial charge in [-0.05, 0) is 30.3 Å². The Kier molecular flexibility index (Phi) is 3.59. The molecular weight excluding hydrogens is 308 g/mol. The second kappa shape index (κ2) is 6.04. The minimum atomic E-state index is -0.264. The summed E-state index contributed by atoms with van der Waals surface area (Å²) in [6, 6.07) is 10.6. The maximum atomic E-state index is 12.4. The number of benzene rings is 1. The van der Waals surface area contributed by atoms with Crippen LogP contribution in [0.25, 0.3) is 11.3 Å². The van der Waals surface area contributed by atoms with Crippen LogP contribution in [0.5, 0.6) is 11.5 Å². The summed E-state index contributed by atoms with van der Waals surface area (Å²) >= 11 is 0. The van der Waals surface area contributed by atoms with Crippen molar-refractivity contribution in [2.45, 2.75) is 0 Å². The van der Waals surface area contributed by atoms with Gasteiger partial charge in [-0.2, -0.15) is 5.10 Å². The summed E-state index contributed by atoms with van der Waals surface area (Å²) < 4.78 is 10.9. The number of nitrogens with zero attached hydrogens (tertiary/aromatic N) is 2. The molecular formula is C17H14N4O3. The van der Waals surface area contributed by atoms with Crippen LogP contribution in [0.15, 0.2) is 48.8 Å². The molecule has 0 unspecified atom stereocenters. The number of H-pyrrole nitrogens is 1. The molecule has 0 bridgehead atoms. The summed E-state index contributed by atoms with van der Waals surface area (Å²) in [5, 5.41) is 9.77. The highest BCUT2D eigenvalue weighted by Gasteiger charge is 2.16. The van der Waals surface area contributed by atoms with Crippen molar-refractivity contribution in [2.24, 2.45) is 0 Å². The zero-order chi connectivity index (χ0) is 16.4. The van der Waals surface area contributed by atoms with Crippen molar-refractivity contribution in [1.29, 1.82) is 0 Å². The van der Waals surface area contributed by atoms with Crippen LogP contribution < -0.4 is 14.8 Å². The molecule has 24 heavy (non-hydrogen) atoms. The van der Waals surface area contributed by atoms with Gasteiger partial charge in [0.25, 0.3) is 5.91 Å². The van der Waals surface area contributed by atoms with E-state index in [1.165, 1.54) is 0 Å². The number of ether oxygens (including phenoxy) is 2. The number of hydrogen-bond donors (Lipinski definition) is 2. The van der Waals surface area contributed by atoms with Crippen LogP contribution in [0.1, 0.15) is 10.4 Å². The average Bonchev–Trinajstić information content (AvgIpc) is 3.10. The van der Waals surface area contributed by atoms with Gasteiger partial charge in [-0.1, -0.05) is 0 Å². The zero-order valence-electron chi connectivity index (χ0n) is 12.7. The minimum absolute atomic E-state index is 0.264. The lowest BCUT2D eigenvalue weighted by Crippen LogP contribution is -2.17. The number of pyridine rings is 1. The summed E-state index contributed by atoms with van der Waals surface area (Å²) in [4.78, 5) is 16.3. The fraction of sp³-hybridized carbons (Fsp3) is 0.118. The van der Waals surface area contributed by atoms with Gasteiger partial charge in [0.2, 0.25) is 0 Å². The quantitative estimate of drug-likeness (QED) is 0.773. The summed E-state index contributed by atoms with van der Waals surface area (Å²) in [6.45, 7) is 0.996. The lowest BCUT2D eigenvalue weighted by molar-refractivity contribution is 0.102. The summed E-state index contributed by atoms with van der Waals surface area (Å²) in [6.07, 6.45) is 3.40. The van der Waals surface area contributed by atoms with Gasteiger partial charge in [-0.3, -0.25) is 14.9 Å². The molecule has 0 saturated heterocycles. The highest BCUT2D eigenvalue weighted by Crippen LogP contribution is 2.31. The molecule has 3 aromatic rings. The molecule has 0 saturated carbocycles. The summed E-state index contributed by atoms with van der Waals surface area (Å²) in [5.41, 5.74) is 2.22. The van der Waals surface area contributed by atoms with E-state index in [0.717, 1.165) is 11.3 Å². The SMILES string of the molecule is O=C(Nc1cc(-c2ccncc2)[nH]n1)c1ccc2c(c1)OCCO2. The van der Waals surface area contributed by atoms with Crippen molar-refractivity contribution in [2.75, 3.05) is 18.5 Å². The largest absolute Gasteiger partial charge is 0.486 e. The van der Waals surface area contributed by atoms with Gasteiger partial charge in [0, 0.05) is 29.6 Å². The number of aromatic nitrogens is 3. The van der Waals surface area contributed by atoms with E-state index >= 15 is 0 Å². The number of amides is 1. The maximum absolute atomic E-state index is 12.4. The van der Waals surface area contributed by atoms with Crippen LogP contribution in [0.2, 0.25) is 0 Å². The second-order valence-corrected chi connectivity index (χ2v) is 5.22. The van der Waals surface area contributed by atoms with E-state index in [-0.39, 0.29) is 5.91 Å². The predicted octanol–water partition coefficient (Wildman–Crippen LogP) is 2.50. The number of aromatic amines is 1. The van der Waals surface area contributed by atoms with E-state index < -0.39 is 0 Å². The Bertz CT molecular complexity index is 877. The van der Waals surface area contributed by atoms with Crippen LogP contribution in [-0.4, -0.2) is 34.3 Å². The van der Waals surface area contributed by atoms with Gasteiger partial charge in [0.05, 0.1) is 5.69 Å². The molecule has 7 nitrogen and oxygen atoms in total. The van der Waals surface area contributed by atoms with Gasteiger partial charge in [-0.15, -0.1) is 0 Å². The molecule has 1 aliphatic rings. The van der Waals surface area contributed by atoms with E-state index in [2.05, 4.69) is 20.5 Å². The first kappa shape index (κ1) is 14.3. The normalized spacial score (nSPS) is 12.7. The first-order valence-corrected chi connectivity index (χ1v) is 7.46. The molecule has 1 amide bonds. The van der Waals surface area contributed by atoms with E-state index in [0.29, 0.717) is 36.1 Å². The topological polar surface area (TPSA) is 89.1 Å². The standard InChI is InChI=1S/C17H14N4O3/c22-17(12-1-2-14-15(9-12)24-8-7-23-14)19-16-10-13(20-21-16)11-3-5-18-6-4-11/h1-6,9-10H,7-8H2,(H2,19,20,21,22). The Balaban J connectivity index is 1.51. The van der Waals surface area contributed by atoms with Gasteiger partial charge in [-0.25, -0.2) is 0 Å². The highest BCUT2D eigenvalue weighted by molar-refractivity contribution is 6.04.